The molecule has 0 amide bonds. The number of allylic oxidation sites excluding steroid dienone is 2. The first-order valence-electron chi connectivity index (χ1n) is 13.2. The van der Waals surface area contributed by atoms with Gasteiger partial charge in [-0.25, -0.2) is 0 Å². The maximum atomic E-state index is 12.6. The first-order chi connectivity index (χ1) is 21.2. The third kappa shape index (κ3) is 9.06. The molecule has 0 saturated carbocycles. The van der Waals surface area contributed by atoms with Crippen LogP contribution in [-0.4, -0.2) is 51.1 Å². The van der Waals surface area contributed by atoms with E-state index in [1.165, 1.54) is 75.4 Å². The molecule has 0 spiro atoms. The van der Waals surface area contributed by atoms with Gasteiger partial charge in [0.25, 0.3) is 0 Å². The molecule has 4 aromatic rings. The fourth-order valence-corrected chi connectivity index (χ4v) is 4.96. The van der Waals surface area contributed by atoms with Crippen LogP contribution in [0.1, 0.15) is 43.8 Å². The van der Waals surface area contributed by atoms with Crippen molar-refractivity contribution in [3.8, 4) is 34.5 Å². The average Bonchev–Trinajstić information content (AvgIpc) is 3.76. The van der Waals surface area contributed by atoms with Crippen molar-refractivity contribution < 1.29 is 43.2 Å². The molecule has 230 valence electrons. The second kappa shape index (κ2) is 16.7. The highest BCUT2D eigenvalue weighted by Gasteiger charge is 2.21. The van der Waals surface area contributed by atoms with E-state index in [0.717, 1.165) is 9.75 Å². The second-order valence-electron chi connectivity index (χ2n) is 8.68. The Morgan fingerprint density at radius 2 is 1.18 bits per heavy atom. The number of phenolic OH excluding ortho intramolecular Hbond substituents is 1. The van der Waals surface area contributed by atoms with Crippen molar-refractivity contribution in [3.63, 3.8) is 0 Å². The zero-order valence-electron chi connectivity index (χ0n) is 24.8. The zero-order valence-corrected chi connectivity index (χ0v) is 26.5. The third-order valence-electron chi connectivity index (χ3n) is 5.90. The van der Waals surface area contributed by atoms with Crippen molar-refractivity contribution in [3.05, 3.63) is 92.3 Å². The average molecular weight is 637 g/mol. The number of esters is 1. The lowest BCUT2D eigenvalue weighted by atomic mass is 10.1. The number of ether oxygens (including phenoxy) is 5. The summed E-state index contributed by atoms with van der Waals surface area (Å²) in [5.74, 6) is 0.305. The van der Waals surface area contributed by atoms with Crippen LogP contribution in [-0.2, 0) is 4.79 Å². The fraction of sp³-hybridized carbons (Fsp3) is 0.182. The topological polar surface area (TPSA) is 118 Å². The normalized spacial score (nSPS) is 10.7. The SMILES string of the molecule is CCC(=O)Oc1cc(OC)cc(OC)c1C(=O)C=Cc1cccs1.COc1cc(O)c(C(=O)C=Cc2cccs2)c(OC)c1. The van der Waals surface area contributed by atoms with Gasteiger partial charge in [-0.3, -0.25) is 14.4 Å². The maximum Gasteiger partial charge on any atom is 0.310 e. The first-order valence-corrected chi connectivity index (χ1v) is 14.9. The molecule has 1 N–H and O–H groups in total. The van der Waals surface area contributed by atoms with Gasteiger partial charge in [-0.05, 0) is 47.2 Å². The summed E-state index contributed by atoms with van der Waals surface area (Å²) in [6, 6.07) is 13.6. The number of phenols is 1. The van der Waals surface area contributed by atoms with Crippen LogP contribution in [0.2, 0.25) is 0 Å². The summed E-state index contributed by atoms with van der Waals surface area (Å²) >= 11 is 3.05. The summed E-state index contributed by atoms with van der Waals surface area (Å²) in [7, 11) is 5.85. The molecule has 0 fully saturated rings. The van der Waals surface area contributed by atoms with E-state index in [1.807, 2.05) is 35.0 Å². The number of aromatic hydroxyl groups is 1. The van der Waals surface area contributed by atoms with E-state index < -0.39 is 5.97 Å². The monoisotopic (exact) mass is 636 g/mol. The van der Waals surface area contributed by atoms with E-state index in [4.69, 9.17) is 23.7 Å². The van der Waals surface area contributed by atoms with Crippen molar-refractivity contribution in [1.29, 1.82) is 0 Å². The van der Waals surface area contributed by atoms with Gasteiger partial charge in [-0.15, -0.1) is 22.7 Å². The minimum atomic E-state index is -0.443. The van der Waals surface area contributed by atoms with Crippen LogP contribution in [0.3, 0.4) is 0 Å². The Balaban J connectivity index is 0.000000244. The highest BCUT2D eigenvalue weighted by molar-refractivity contribution is 7.11. The van der Waals surface area contributed by atoms with Crippen LogP contribution >= 0.6 is 22.7 Å². The van der Waals surface area contributed by atoms with E-state index in [9.17, 15) is 19.5 Å². The lowest BCUT2D eigenvalue weighted by Gasteiger charge is -2.13. The van der Waals surface area contributed by atoms with Crippen molar-refractivity contribution >= 4 is 52.4 Å². The summed E-state index contributed by atoms with van der Waals surface area (Å²) in [6.07, 6.45) is 6.45. The molecule has 0 atom stereocenters. The van der Waals surface area contributed by atoms with Gasteiger partial charge in [0.2, 0.25) is 0 Å². The van der Waals surface area contributed by atoms with Crippen LogP contribution in [0.4, 0.5) is 0 Å². The van der Waals surface area contributed by atoms with E-state index in [1.54, 1.807) is 31.2 Å². The fourth-order valence-electron chi connectivity index (χ4n) is 3.72. The van der Waals surface area contributed by atoms with Crippen molar-refractivity contribution in [2.45, 2.75) is 13.3 Å². The summed E-state index contributed by atoms with van der Waals surface area (Å²) in [4.78, 5) is 38.4. The van der Waals surface area contributed by atoms with Gasteiger partial charge >= 0.3 is 5.97 Å². The number of hydrogen-bond acceptors (Lipinski definition) is 11. The Morgan fingerprint density at radius 1 is 0.705 bits per heavy atom. The van der Waals surface area contributed by atoms with Gasteiger partial charge in [0.15, 0.2) is 11.6 Å². The predicted octanol–water partition coefficient (Wildman–Crippen LogP) is 7.34. The van der Waals surface area contributed by atoms with Gasteiger partial charge in [-0.2, -0.15) is 0 Å². The smallest absolute Gasteiger partial charge is 0.310 e. The lowest BCUT2D eigenvalue weighted by molar-refractivity contribution is -0.134. The van der Waals surface area contributed by atoms with Crippen LogP contribution in [0.15, 0.2) is 71.4 Å². The number of ketones is 2. The van der Waals surface area contributed by atoms with Crippen molar-refractivity contribution in [1.82, 2.24) is 0 Å². The molecule has 0 aliphatic rings. The van der Waals surface area contributed by atoms with Crippen LogP contribution in [0.5, 0.6) is 34.5 Å². The summed E-state index contributed by atoms with van der Waals surface area (Å²) < 4.78 is 25.9. The molecule has 0 radical (unpaired) electrons. The van der Waals surface area contributed by atoms with E-state index in [0.29, 0.717) is 11.5 Å². The number of thiophene rings is 2. The summed E-state index contributed by atoms with van der Waals surface area (Å²) in [5, 5.41) is 13.8. The molecular weight excluding hydrogens is 604 g/mol. The van der Waals surface area contributed by atoms with Crippen LogP contribution in [0.25, 0.3) is 12.2 Å². The first kappa shape index (κ1) is 33.6. The number of methoxy groups -OCH3 is 4. The molecule has 0 bridgehead atoms. The summed E-state index contributed by atoms with van der Waals surface area (Å²) in [6.45, 7) is 1.68. The quantitative estimate of drug-likeness (QED) is 0.0737. The Kier molecular flexibility index (Phi) is 12.8. The number of rotatable bonds is 12. The molecule has 0 unspecified atom stereocenters. The standard InChI is InChI=1S/C18H18O5S.C15H14O4S/c1-4-17(20)23-16-11-12(21-2)10-15(22-3)18(16)14(19)8-7-13-6-5-9-24-13;1-18-10-8-13(17)15(14(9-10)19-2)12(16)6-5-11-4-3-7-20-11/h5-11H,4H2,1-3H3;3-9,17H,1-2H3. The predicted molar refractivity (Wildman–Crippen MR) is 172 cm³/mol. The zero-order chi connectivity index (χ0) is 32.1. The third-order valence-corrected chi connectivity index (χ3v) is 7.57. The number of hydrogen-bond donors (Lipinski definition) is 1. The van der Waals surface area contributed by atoms with Gasteiger partial charge in [0.1, 0.15) is 45.6 Å². The molecule has 2 aromatic carbocycles. The minimum Gasteiger partial charge on any atom is -0.507 e. The number of carbonyl (C=O) groups is 3. The molecule has 9 nitrogen and oxygen atoms in total. The molecule has 0 saturated heterocycles. The van der Waals surface area contributed by atoms with Gasteiger partial charge < -0.3 is 28.8 Å². The maximum absolute atomic E-state index is 12.6. The van der Waals surface area contributed by atoms with E-state index in [2.05, 4.69) is 0 Å². The van der Waals surface area contributed by atoms with Gasteiger partial charge in [0.05, 0.1) is 28.4 Å². The molecule has 44 heavy (non-hydrogen) atoms. The van der Waals surface area contributed by atoms with E-state index >= 15 is 0 Å². The van der Waals surface area contributed by atoms with Crippen molar-refractivity contribution in [2.75, 3.05) is 28.4 Å². The van der Waals surface area contributed by atoms with E-state index in [-0.39, 0.29) is 52.1 Å². The Morgan fingerprint density at radius 3 is 1.64 bits per heavy atom. The minimum absolute atomic E-state index is 0.124. The molecule has 0 aliphatic heterocycles. The van der Waals surface area contributed by atoms with Gasteiger partial charge in [0, 0.05) is 40.4 Å². The molecule has 0 aliphatic carbocycles. The molecule has 2 heterocycles. The number of carbonyl (C=O) groups excluding carboxylic acids is 3. The summed E-state index contributed by atoms with van der Waals surface area (Å²) in [5.41, 5.74) is 0.314. The molecular formula is C33H32O9S2. The van der Waals surface area contributed by atoms with Crippen LogP contribution < -0.4 is 23.7 Å². The number of benzene rings is 2. The molecule has 4 rings (SSSR count). The Labute approximate surface area is 263 Å². The van der Waals surface area contributed by atoms with Crippen LogP contribution in [0, 0.1) is 0 Å². The highest BCUT2D eigenvalue weighted by Crippen LogP contribution is 2.36. The largest absolute Gasteiger partial charge is 0.507 e. The van der Waals surface area contributed by atoms with Gasteiger partial charge in [-0.1, -0.05) is 19.1 Å². The highest BCUT2D eigenvalue weighted by atomic mass is 32.1. The molecule has 11 heteroatoms. The lowest BCUT2D eigenvalue weighted by Crippen LogP contribution is -2.10. The Hall–Kier alpha value is -4.87. The second-order valence-corrected chi connectivity index (χ2v) is 10.6. The van der Waals surface area contributed by atoms with Crippen molar-refractivity contribution in [2.24, 2.45) is 0 Å². The molecule has 2 aromatic heterocycles. The Bertz CT molecular complexity index is 1620.